The number of nitrogens with two attached hydrogens (primary N) is 1. The van der Waals surface area contributed by atoms with E-state index in [0.717, 1.165) is 39.5 Å². The molecule has 9 heteroatoms. The highest BCUT2D eigenvalue weighted by Gasteiger charge is 2.42. The highest BCUT2D eigenvalue weighted by atomic mass is 35.5. The maximum atomic E-state index is 13.9. The monoisotopic (exact) mass is 622 g/mol. The number of rotatable bonds is 10. The quantitative estimate of drug-likeness (QED) is 0.184. The Morgan fingerprint density at radius 1 is 1.02 bits per heavy atom. The van der Waals surface area contributed by atoms with E-state index in [-0.39, 0.29) is 16.8 Å². The zero-order valence-corrected chi connectivity index (χ0v) is 25.7. The summed E-state index contributed by atoms with van der Waals surface area (Å²) in [6.07, 6.45) is 3.94. The third-order valence-corrected chi connectivity index (χ3v) is 9.91. The van der Waals surface area contributed by atoms with Gasteiger partial charge in [-0.25, -0.2) is 4.39 Å². The molecule has 1 aliphatic heterocycles. The summed E-state index contributed by atoms with van der Waals surface area (Å²) in [5.41, 5.74) is 8.37. The topological polar surface area (TPSA) is 72.6 Å². The van der Waals surface area contributed by atoms with Crippen LogP contribution in [0, 0.1) is 5.82 Å². The van der Waals surface area contributed by atoms with E-state index in [1.165, 1.54) is 23.5 Å². The van der Waals surface area contributed by atoms with Crippen LogP contribution >= 0.6 is 34.7 Å². The third-order valence-electron chi connectivity index (χ3n) is 7.75. The van der Waals surface area contributed by atoms with Crippen molar-refractivity contribution < 1.29 is 18.7 Å². The fourth-order valence-electron chi connectivity index (χ4n) is 5.39. The summed E-state index contributed by atoms with van der Waals surface area (Å²) in [4.78, 5) is 29.5. The van der Waals surface area contributed by atoms with Crippen molar-refractivity contribution in [3.8, 4) is 27.3 Å². The van der Waals surface area contributed by atoms with Crippen LogP contribution in [0.25, 0.3) is 21.6 Å². The minimum atomic E-state index is -0.801. The molecule has 1 saturated heterocycles. The molecule has 0 unspecified atom stereocenters. The number of halogens is 2. The van der Waals surface area contributed by atoms with Crippen LogP contribution in [0.1, 0.15) is 34.5 Å². The molecule has 3 aromatic carbocycles. The predicted octanol–water partition coefficient (Wildman–Crippen LogP) is 7.67. The molecule has 5 nitrogen and oxygen atoms in total. The Morgan fingerprint density at radius 2 is 1.74 bits per heavy atom. The van der Waals surface area contributed by atoms with Gasteiger partial charge in [-0.2, -0.15) is 11.8 Å². The Kier molecular flexibility index (Phi) is 9.56. The molecule has 5 rings (SSSR count). The van der Waals surface area contributed by atoms with Crippen LogP contribution in [0.5, 0.6) is 5.75 Å². The molecular formula is C33H32ClFN2O3S2. The normalized spacial score (nSPS) is 14.5. The number of thioether (sulfide) groups is 1. The number of likely N-dealkylation sites (tertiary alicyclic amines) is 1. The van der Waals surface area contributed by atoms with E-state index in [9.17, 15) is 14.0 Å². The number of carbonyl (C=O) groups excluding carboxylic acids is 2. The van der Waals surface area contributed by atoms with Gasteiger partial charge in [0.1, 0.15) is 11.6 Å². The molecular weight excluding hydrogens is 591 g/mol. The maximum Gasteiger partial charge on any atom is 0.263 e. The lowest BCUT2D eigenvalue weighted by atomic mass is 9.72. The first-order valence-corrected chi connectivity index (χ1v) is 16.4. The van der Waals surface area contributed by atoms with Crippen molar-refractivity contribution in [3.63, 3.8) is 0 Å². The summed E-state index contributed by atoms with van der Waals surface area (Å²) in [5.74, 6) is 0.899. The molecule has 2 amide bonds. The van der Waals surface area contributed by atoms with Crippen molar-refractivity contribution in [1.82, 2.24) is 4.90 Å². The highest BCUT2D eigenvalue weighted by Crippen LogP contribution is 2.44. The van der Waals surface area contributed by atoms with Gasteiger partial charge in [0.2, 0.25) is 5.91 Å². The van der Waals surface area contributed by atoms with Gasteiger partial charge in [-0.15, -0.1) is 11.3 Å². The molecule has 0 radical (unpaired) electrons. The summed E-state index contributed by atoms with van der Waals surface area (Å²) < 4.78 is 19.8. The molecule has 0 bridgehead atoms. The number of hydrogen-bond acceptors (Lipinski definition) is 5. The predicted molar refractivity (Wildman–Crippen MR) is 171 cm³/mol. The van der Waals surface area contributed by atoms with Crippen molar-refractivity contribution in [2.45, 2.75) is 24.7 Å². The molecule has 0 saturated carbocycles. The van der Waals surface area contributed by atoms with E-state index in [0.29, 0.717) is 43.0 Å². The first-order chi connectivity index (χ1) is 20.3. The molecule has 0 spiro atoms. The zero-order chi connectivity index (χ0) is 29.7. The van der Waals surface area contributed by atoms with Gasteiger partial charge in [0.05, 0.1) is 21.9 Å². The number of hydrogen-bond donors (Lipinski definition) is 1. The number of primary amides is 1. The zero-order valence-electron chi connectivity index (χ0n) is 23.3. The maximum absolute atomic E-state index is 13.9. The second-order valence-corrected chi connectivity index (χ2v) is 12.7. The summed E-state index contributed by atoms with van der Waals surface area (Å²) in [5, 5.41) is 0.276. The van der Waals surface area contributed by atoms with Gasteiger partial charge in [-0.1, -0.05) is 54.1 Å². The van der Waals surface area contributed by atoms with Gasteiger partial charge in [-0.3, -0.25) is 9.59 Å². The molecule has 2 heterocycles. The van der Waals surface area contributed by atoms with Gasteiger partial charge in [0.25, 0.3) is 5.91 Å². The van der Waals surface area contributed by atoms with Crippen molar-refractivity contribution in [1.29, 1.82) is 0 Å². The minimum absolute atomic E-state index is 0.120. The first kappa shape index (κ1) is 30.1. The van der Waals surface area contributed by atoms with Crippen molar-refractivity contribution in [3.05, 3.63) is 100 Å². The minimum Gasteiger partial charge on any atom is -0.494 e. The molecule has 0 aliphatic carbocycles. The first-order valence-electron chi connectivity index (χ1n) is 13.8. The lowest BCUT2D eigenvalue weighted by molar-refractivity contribution is -0.125. The number of amides is 2. The number of thiophene rings is 1. The Balaban J connectivity index is 1.42. The molecule has 4 aromatic rings. The van der Waals surface area contributed by atoms with Crippen LogP contribution in [-0.2, 0) is 10.2 Å². The van der Waals surface area contributed by atoms with Crippen LogP contribution in [0.15, 0.2) is 78.9 Å². The van der Waals surface area contributed by atoms with E-state index in [1.807, 2.05) is 60.7 Å². The summed E-state index contributed by atoms with van der Waals surface area (Å²) in [6.45, 7) is 1.45. The summed E-state index contributed by atoms with van der Waals surface area (Å²) in [7, 11) is 0. The average Bonchev–Trinajstić information content (AvgIpc) is 3.45. The summed E-state index contributed by atoms with van der Waals surface area (Å²) >= 11 is 9.61. The van der Waals surface area contributed by atoms with E-state index >= 15 is 0 Å². The summed E-state index contributed by atoms with van der Waals surface area (Å²) in [6, 6.07) is 23.5. The van der Waals surface area contributed by atoms with E-state index < -0.39 is 11.2 Å². The number of ether oxygens (including phenoxy) is 1. The van der Waals surface area contributed by atoms with Gasteiger partial charge < -0.3 is 15.4 Å². The average molecular weight is 623 g/mol. The largest absolute Gasteiger partial charge is 0.494 e. The number of carbonyl (C=O) groups is 2. The standard InChI is InChI=1S/C33H32ClFN2O3S2/c1-41-19-5-18-40-25-11-8-22(9-12-25)27-21-29(42-30(27)26-13-10-24(35)20-28(26)34)31(38)37-16-14-33(15-17-37,32(36)39)23-6-3-2-4-7-23/h2-4,6-13,20-21H,5,14-19H2,1H3,(H2,36,39). The Bertz CT molecular complexity index is 1550. The molecule has 0 atom stereocenters. The Labute approximate surface area is 258 Å². The molecule has 218 valence electrons. The van der Waals surface area contributed by atoms with E-state index in [4.69, 9.17) is 22.1 Å². The molecule has 42 heavy (non-hydrogen) atoms. The number of piperidine rings is 1. The smallest absolute Gasteiger partial charge is 0.263 e. The van der Waals surface area contributed by atoms with E-state index in [2.05, 4.69) is 6.26 Å². The van der Waals surface area contributed by atoms with Crippen molar-refractivity contribution in [2.75, 3.05) is 31.7 Å². The van der Waals surface area contributed by atoms with Crippen molar-refractivity contribution in [2.24, 2.45) is 5.73 Å². The third kappa shape index (κ3) is 6.36. The second kappa shape index (κ2) is 13.3. The number of nitrogens with zero attached hydrogens (tertiary/aromatic N) is 1. The highest BCUT2D eigenvalue weighted by molar-refractivity contribution is 7.98. The van der Waals surface area contributed by atoms with E-state index in [1.54, 1.807) is 22.7 Å². The van der Waals surface area contributed by atoms with Crippen molar-refractivity contribution >= 4 is 46.5 Å². The Morgan fingerprint density at radius 3 is 2.38 bits per heavy atom. The van der Waals surface area contributed by atoms with Gasteiger partial charge in [0, 0.05) is 29.1 Å². The SMILES string of the molecule is CSCCCOc1ccc(-c2cc(C(=O)N3CCC(C(N)=O)(c4ccccc4)CC3)sc2-c2ccc(F)cc2Cl)cc1. The molecule has 2 N–H and O–H groups in total. The van der Waals surface area contributed by atoms with Crippen LogP contribution in [0.4, 0.5) is 4.39 Å². The molecule has 1 aromatic heterocycles. The van der Waals surface area contributed by atoms with Gasteiger partial charge in [0.15, 0.2) is 0 Å². The fraction of sp³-hybridized carbons (Fsp3) is 0.273. The second-order valence-electron chi connectivity index (χ2n) is 10.3. The lowest BCUT2D eigenvalue weighted by Gasteiger charge is -2.40. The number of benzene rings is 3. The Hall–Kier alpha value is -3.33. The van der Waals surface area contributed by atoms with Crippen LogP contribution in [-0.4, -0.2) is 48.4 Å². The van der Waals surface area contributed by atoms with Crippen LogP contribution in [0.3, 0.4) is 0 Å². The lowest BCUT2D eigenvalue weighted by Crippen LogP contribution is -2.51. The van der Waals surface area contributed by atoms with Gasteiger partial charge >= 0.3 is 0 Å². The van der Waals surface area contributed by atoms with Crippen LogP contribution < -0.4 is 10.5 Å². The van der Waals surface area contributed by atoms with Gasteiger partial charge in [-0.05, 0) is 78.8 Å². The molecule has 1 fully saturated rings. The molecule has 1 aliphatic rings. The van der Waals surface area contributed by atoms with Crippen LogP contribution in [0.2, 0.25) is 5.02 Å². The fourth-order valence-corrected chi connectivity index (χ4v) is 7.30.